The fraction of sp³-hybridized carbons (Fsp3) is 0.500. The Labute approximate surface area is 70.5 Å². The summed E-state index contributed by atoms with van der Waals surface area (Å²) in [5.41, 5.74) is 0. The molecule has 0 unspecified atom stereocenters. The molecule has 0 aliphatic carbocycles. The van der Waals surface area contributed by atoms with Crippen LogP contribution in [0.2, 0.25) is 0 Å². The van der Waals surface area contributed by atoms with Gasteiger partial charge in [0.1, 0.15) is 0 Å². The summed E-state index contributed by atoms with van der Waals surface area (Å²) in [6, 6.07) is 0. The molecule has 0 bridgehead atoms. The van der Waals surface area contributed by atoms with Crippen molar-refractivity contribution in [2.45, 2.75) is 13.8 Å². The van der Waals surface area contributed by atoms with Gasteiger partial charge in [0, 0.05) is 17.1 Å². The van der Waals surface area contributed by atoms with Gasteiger partial charge in [0.05, 0.1) is 18.4 Å². The van der Waals surface area contributed by atoms with Crippen LogP contribution < -0.4 is 0 Å². The molecule has 0 amide bonds. The van der Waals surface area contributed by atoms with E-state index in [0.29, 0.717) is 6.61 Å². The first-order valence-corrected chi connectivity index (χ1v) is 2.70. The molecule has 0 rings (SSSR count). The van der Waals surface area contributed by atoms with Gasteiger partial charge in [-0.3, -0.25) is 0 Å². The molecule has 0 saturated heterocycles. The predicted octanol–water partition coefficient (Wildman–Crippen LogP) is 1.01. The Morgan fingerprint density at radius 2 is 2.20 bits per heavy atom. The van der Waals surface area contributed by atoms with Crippen molar-refractivity contribution in [3.05, 3.63) is 11.8 Å². The summed E-state index contributed by atoms with van der Waals surface area (Å²) in [5, 5.41) is 8.51. The molecule has 1 N–H and O–H groups in total. The summed E-state index contributed by atoms with van der Waals surface area (Å²) in [5.74, 6) is -0.536. The van der Waals surface area contributed by atoms with Crippen LogP contribution in [0.5, 0.6) is 0 Å². The minimum absolute atomic E-state index is 0. The summed E-state index contributed by atoms with van der Waals surface area (Å²) in [7, 11) is 0. The maximum atomic E-state index is 10.4. The van der Waals surface area contributed by atoms with Crippen molar-refractivity contribution in [2.24, 2.45) is 0 Å². The van der Waals surface area contributed by atoms with Gasteiger partial charge in [-0.05, 0) is 13.8 Å². The largest absolute Gasteiger partial charge is 0.512 e. The van der Waals surface area contributed by atoms with E-state index in [9.17, 15) is 4.79 Å². The number of aliphatic hydroxyl groups is 1. The second kappa shape index (κ2) is 6.65. The quantitative estimate of drug-likeness (QED) is 0.308. The minimum Gasteiger partial charge on any atom is -0.512 e. The van der Waals surface area contributed by atoms with Crippen LogP contribution in [0.1, 0.15) is 13.8 Å². The third kappa shape index (κ3) is 7.53. The van der Waals surface area contributed by atoms with Gasteiger partial charge in [0.15, 0.2) is 0 Å². The second-order valence-corrected chi connectivity index (χ2v) is 1.54. The van der Waals surface area contributed by atoms with E-state index in [2.05, 4.69) is 4.74 Å². The molecule has 0 spiro atoms. The standard InChI is InChI=1S/C6H10O3.Cu/c1-3-9-6(8)4-5(2)7;/h4,7H,3H2,1-2H3;/b5-4-;. The second-order valence-electron chi connectivity index (χ2n) is 1.54. The topological polar surface area (TPSA) is 46.5 Å². The first kappa shape index (κ1) is 12.2. The van der Waals surface area contributed by atoms with Crippen LogP contribution in [0.4, 0.5) is 0 Å². The fourth-order valence-electron chi connectivity index (χ4n) is 0.354. The molecule has 0 aromatic rings. The normalized spacial score (nSPS) is 10.0. The Morgan fingerprint density at radius 3 is 2.50 bits per heavy atom. The smallest absolute Gasteiger partial charge is 0.334 e. The van der Waals surface area contributed by atoms with Gasteiger partial charge in [-0.2, -0.15) is 0 Å². The van der Waals surface area contributed by atoms with Gasteiger partial charge in [-0.1, -0.05) is 0 Å². The first-order valence-electron chi connectivity index (χ1n) is 2.70. The van der Waals surface area contributed by atoms with Crippen LogP contribution in [-0.4, -0.2) is 17.7 Å². The molecule has 0 fully saturated rings. The van der Waals surface area contributed by atoms with Crippen molar-refractivity contribution in [3.63, 3.8) is 0 Å². The molecule has 0 atom stereocenters. The van der Waals surface area contributed by atoms with Crippen LogP contribution >= 0.6 is 0 Å². The number of rotatable bonds is 2. The van der Waals surface area contributed by atoms with Gasteiger partial charge in [-0.25, -0.2) is 4.79 Å². The zero-order chi connectivity index (χ0) is 7.28. The molecule has 0 heterocycles. The van der Waals surface area contributed by atoms with Crippen LogP contribution in [0, 0.1) is 0 Å². The third-order valence-corrected chi connectivity index (χ3v) is 0.613. The predicted molar refractivity (Wildman–Crippen MR) is 33.0 cm³/mol. The van der Waals surface area contributed by atoms with Crippen molar-refractivity contribution >= 4 is 5.97 Å². The van der Waals surface area contributed by atoms with Crippen molar-refractivity contribution in [1.29, 1.82) is 0 Å². The monoisotopic (exact) mass is 193 g/mol. The summed E-state index contributed by atoms with van der Waals surface area (Å²) in [6.45, 7) is 3.46. The van der Waals surface area contributed by atoms with E-state index in [1.165, 1.54) is 6.92 Å². The van der Waals surface area contributed by atoms with E-state index < -0.39 is 5.97 Å². The SMILES string of the molecule is CCOC(=O)/C=C(/C)O.[Cu]. The van der Waals surface area contributed by atoms with Crippen molar-refractivity contribution in [2.75, 3.05) is 6.61 Å². The number of hydrogen-bond donors (Lipinski definition) is 1. The Kier molecular flexibility index (Phi) is 8.13. The maximum Gasteiger partial charge on any atom is 0.334 e. The molecule has 4 heteroatoms. The number of ether oxygens (including phenoxy) is 1. The molecule has 0 aliphatic rings. The fourth-order valence-corrected chi connectivity index (χ4v) is 0.354. The zero-order valence-electron chi connectivity index (χ0n) is 5.85. The summed E-state index contributed by atoms with van der Waals surface area (Å²) in [4.78, 5) is 10.4. The van der Waals surface area contributed by atoms with E-state index in [1.807, 2.05) is 0 Å². The molecule has 63 valence electrons. The van der Waals surface area contributed by atoms with Crippen LogP contribution in [-0.2, 0) is 26.6 Å². The Morgan fingerprint density at radius 1 is 1.70 bits per heavy atom. The van der Waals surface area contributed by atoms with E-state index in [-0.39, 0.29) is 22.8 Å². The molecule has 0 aromatic heterocycles. The van der Waals surface area contributed by atoms with Gasteiger partial charge in [0.2, 0.25) is 0 Å². The van der Waals surface area contributed by atoms with Crippen LogP contribution in [0.15, 0.2) is 11.8 Å². The molecule has 0 aliphatic heterocycles. The molecule has 10 heavy (non-hydrogen) atoms. The average molecular weight is 194 g/mol. The Hall–Kier alpha value is -0.471. The van der Waals surface area contributed by atoms with Gasteiger partial charge < -0.3 is 9.84 Å². The number of esters is 1. The first-order chi connectivity index (χ1) is 4.16. The zero-order valence-corrected chi connectivity index (χ0v) is 6.79. The average Bonchev–Trinajstić information content (AvgIpc) is 1.63. The Bertz CT molecular complexity index is 127. The molecule has 0 saturated carbocycles. The number of allylic oxidation sites excluding steroid dienone is 1. The van der Waals surface area contributed by atoms with Crippen molar-refractivity contribution in [1.82, 2.24) is 0 Å². The van der Waals surface area contributed by atoms with Crippen LogP contribution in [0.25, 0.3) is 0 Å². The van der Waals surface area contributed by atoms with Gasteiger partial charge >= 0.3 is 5.97 Å². The number of hydrogen-bond acceptors (Lipinski definition) is 3. The van der Waals surface area contributed by atoms with E-state index >= 15 is 0 Å². The third-order valence-electron chi connectivity index (χ3n) is 0.613. The van der Waals surface area contributed by atoms with Crippen LogP contribution in [0.3, 0.4) is 0 Å². The van der Waals surface area contributed by atoms with Gasteiger partial charge in [-0.15, -0.1) is 0 Å². The summed E-state index contributed by atoms with van der Waals surface area (Å²) >= 11 is 0. The summed E-state index contributed by atoms with van der Waals surface area (Å²) in [6.07, 6.45) is 1.03. The number of carbonyl (C=O) groups excluding carboxylic acids is 1. The van der Waals surface area contributed by atoms with E-state index in [1.54, 1.807) is 6.92 Å². The van der Waals surface area contributed by atoms with E-state index in [4.69, 9.17) is 5.11 Å². The molecular weight excluding hydrogens is 184 g/mol. The molecule has 3 nitrogen and oxygen atoms in total. The minimum atomic E-state index is -0.502. The van der Waals surface area contributed by atoms with Crippen molar-refractivity contribution < 1.29 is 31.7 Å². The maximum absolute atomic E-state index is 10.4. The Balaban J connectivity index is 0. The summed E-state index contributed by atoms with van der Waals surface area (Å²) < 4.78 is 4.48. The molecular formula is C6H10CuO3. The van der Waals surface area contributed by atoms with E-state index in [0.717, 1.165) is 6.08 Å². The van der Waals surface area contributed by atoms with Gasteiger partial charge in [0.25, 0.3) is 0 Å². The van der Waals surface area contributed by atoms with Crippen molar-refractivity contribution in [3.8, 4) is 0 Å². The number of aliphatic hydroxyl groups excluding tert-OH is 1. The number of carbonyl (C=O) groups is 1. The molecule has 0 aromatic carbocycles. The molecule has 1 radical (unpaired) electrons.